The van der Waals surface area contributed by atoms with Crippen LogP contribution in [0.15, 0.2) is 34.9 Å². The number of fused-ring (bicyclic) bond motifs is 1. The minimum Gasteiger partial charge on any atom is -0.496 e. The van der Waals surface area contributed by atoms with Crippen molar-refractivity contribution in [3.8, 4) is 5.75 Å². The zero-order valence-electron chi connectivity index (χ0n) is 14.8. The van der Waals surface area contributed by atoms with Gasteiger partial charge in [0.15, 0.2) is 0 Å². The van der Waals surface area contributed by atoms with Crippen LogP contribution in [0.3, 0.4) is 0 Å². The van der Waals surface area contributed by atoms with E-state index in [0.717, 1.165) is 17.0 Å². The lowest BCUT2D eigenvalue weighted by molar-refractivity contribution is 0.0952. The van der Waals surface area contributed by atoms with E-state index in [-0.39, 0.29) is 11.8 Å². The van der Waals surface area contributed by atoms with Gasteiger partial charge in [0.05, 0.1) is 23.8 Å². The molecule has 3 aromatic rings. The fraction of sp³-hybridized carbons (Fsp3) is 0.316. The highest BCUT2D eigenvalue weighted by molar-refractivity contribution is 6.06. The molecule has 0 aliphatic heterocycles. The predicted molar refractivity (Wildman–Crippen MR) is 94.8 cm³/mol. The molecule has 2 heterocycles. The molecule has 1 amide bonds. The molecule has 0 saturated heterocycles. The summed E-state index contributed by atoms with van der Waals surface area (Å²) >= 11 is 0. The number of rotatable bonds is 5. The topological polar surface area (TPSA) is 77.2 Å². The molecular weight excluding hydrogens is 318 g/mol. The Morgan fingerprint density at radius 2 is 2.08 bits per heavy atom. The molecule has 3 rings (SSSR count). The SMILES string of the molecule is COc1ccccc1CNC(=O)c1cc(C(C)C)nc2onc(C)c12. The van der Waals surface area contributed by atoms with Gasteiger partial charge in [0.1, 0.15) is 5.75 Å². The van der Waals surface area contributed by atoms with Crippen molar-refractivity contribution in [2.45, 2.75) is 33.2 Å². The number of hydrogen-bond acceptors (Lipinski definition) is 5. The number of amides is 1. The Labute approximate surface area is 146 Å². The second-order valence-corrected chi connectivity index (χ2v) is 6.19. The standard InChI is InChI=1S/C19H21N3O3/c1-11(2)15-9-14(17-12(3)22-25-19(17)21-15)18(23)20-10-13-7-5-6-8-16(13)24-4/h5-9,11H,10H2,1-4H3,(H,20,23). The van der Waals surface area contributed by atoms with Crippen molar-refractivity contribution in [2.75, 3.05) is 7.11 Å². The smallest absolute Gasteiger partial charge is 0.259 e. The molecule has 0 aliphatic carbocycles. The van der Waals surface area contributed by atoms with E-state index in [1.54, 1.807) is 14.0 Å². The Bertz CT molecular complexity index is 915. The van der Waals surface area contributed by atoms with Crippen molar-refractivity contribution in [3.63, 3.8) is 0 Å². The molecule has 6 nitrogen and oxygen atoms in total. The highest BCUT2D eigenvalue weighted by Gasteiger charge is 2.19. The van der Waals surface area contributed by atoms with Crippen molar-refractivity contribution in [2.24, 2.45) is 0 Å². The maximum Gasteiger partial charge on any atom is 0.259 e. The van der Waals surface area contributed by atoms with Crippen molar-refractivity contribution in [1.82, 2.24) is 15.5 Å². The summed E-state index contributed by atoms with van der Waals surface area (Å²) in [6.45, 7) is 6.22. The van der Waals surface area contributed by atoms with Gasteiger partial charge in [0.25, 0.3) is 11.6 Å². The number of ether oxygens (including phenoxy) is 1. The van der Waals surface area contributed by atoms with Crippen LogP contribution in [-0.2, 0) is 6.54 Å². The molecule has 1 aromatic carbocycles. The molecule has 0 bridgehead atoms. The lowest BCUT2D eigenvalue weighted by Gasteiger charge is -2.11. The summed E-state index contributed by atoms with van der Waals surface area (Å²) in [5.74, 6) is 0.730. The number of para-hydroxylation sites is 1. The quantitative estimate of drug-likeness (QED) is 0.768. The fourth-order valence-electron chi connectivity index (χ4n) is 2.71. The van der Waals surface area contributed by atoms with Crippen LogP contribution in [0.25, 0.3) is 11.1 Å². The van der Waals surface area contributed by atoms with Crippen LogP contribution in [0.5, 0.6) is 5.75 Å². The number of carbonyl (C=O) groups is 1. The zero-order valence-corrected chi connectivity index (χ0v) is 14.8. The molecule has 0 radical (unpaired) electrons. The van der Waals surface area contributed by atoms with E-state index in [4.69, 9.17) is 9.26 Å². The van der Waals surface area contributed by atoms with Crippen LogP contribution in [-0.4, -0.2) is 23.2 Å². The van der Waals surface area contributed by atoms with Crippen LogP contribution >= 0.6 is 0 Å². The van der Waals surface area contributed by atoms with E-state index in [0.29, 0.717) is 28.9 Å². The van der Waals surface area contributed by atoms with Crippen molar-refractivity contribution in [1.29, 1.82) is 0 Å². The van der Waals surface area contributed by atoms with Crippen LogP contribution in [0.4, 0.5) is 0 Å². The van der Waals surface area contributed by atoms with Gasteiger partial charge in [-0.3, -0.25) is 4.79 Å². The first-order chi connectivity index (χ1) is 12.0. The molecular formula is C19H21N3O3. The van der Waals surface area contributed by atoms with Gasteiger partial charge in [-0.1, -0.05) is 37.2 Å². The average Bonchev–Trinajstić information content (AvgIpc) is 3.00. The summed E-state index contributed by atoms with van der Waals surface area (Å²) in [6, 6.07) is 9.41. The summed E-state index contributed by atoms with van der Waals surface area (Å²) in [5, 5.41) is 7.55. The molecule has 6 heteroatoms. The first kappa shape index (κ1) is 17.0. The first-order valence-corrected chi connectivity index (χ1v) is 8.18. The second-order valence-electron chi connectivity index (χ2n) is 6.19. The van der Waals surface area contributed by atoms with E-state index >= 15 is 0 Å². The molecule has 2 aromatic heterocycles. The number of methoxy groups -OCH3 is 1. The third-order valence-corrected chi connectivity index (χ3v) is 4.10. The third kappa shape index (κ3) is 3.33. The van der Waals surface area contributed by atoms with Gasteiger partial charge in [-0.2, -0.15) is 0 Å². The average molecular weight is 339 g/mol. The summed E-state index contributed by atoms with van der Waals surface area (Å²) in [5.41, 5.74) is 3.29. The summed E-state index contributed by atoms with van der Waals surface area (Å²) in [6.07, 6.45) is 0. The second kappa shape index (κ2) is 6.93. The number of benzene rings is 1. The molecule has 1 N–H and O–H groups in total. The summed E-state index contributed by atoms with van der Waals surface area (Å²) < 4.78 is 10.6. The molecule has 0 spiro atoms. The largest absolute Gasteiger partial charge is 0.496 e. The van der Waals surface area contributed by atoms with E-state index in [9.17, 15) is 4.79 Å². The maximum atomic E-state index is 12.8. The van der Waals surface area contributed by atoms with E-state index < -0.39 is 0 Å². The first-order valence-electron chi connectivity index (χ1n) is 8.18. The summed E-state index contributed by atoms with van der Waals surface area (Å²) in [7, 11) is 1.61. The van der Waals surface area contributed by atoms with Gasteiger partial charge in [-0.15, -0.1) is 0 Å². The Morgan fingerprint density at radius 1 is 1.32 bits per heavy atom. The number of carbonyl (C=O) groups excluding carboxylic acids is 1. The van der Waals surface area contributed by atoms with Crippen molar-refractivity contribution in [3.05, 3.63) is 52.8 Å². The minimum atomic E-state index is -0.188. The molecule has 0 saturated carbocycles. The van der Waals surface area contributed by atoms with E-state index in [2.05, 4.69) is 15.5 Å². The van der Waals surface area contributed by atoms with Gasteiger partial charge < -0.3 is 14.6 Å². The number of aryl methyl sites for hydroxylation is 1. The number of aromatic nitrogens is 2. The predicted octanol–water partition coefficient (Wildman–Crippen LogP) is 3.59. The minimum absolute atomic E-state index is 0.176. The Hall–Kier alpha value is -2.89. The van der Waals surface area contributed by atoms with Crippen LogP contribution in [0, 0.1) is 6.92 Å². The molecule has 25 heavy (non-hydrogen) atoms. The van der Waals surface area contributed by atoms with Gasteiger partial charge in [-0.05, 0) is 25.0 Å². The fourth-order valence-corrected chi connectivity index (χ4v) is 2.71. The lowest BCUT2D eigenvalue weighted by Crippen LogP contribution is -2.23. The number of hydrogen-bond donors (Lipinski definition) is 1. The van der Waals surface area contributed by atoms with Crippen LogP contribution in [0.2, 0.25) is 0 Å². The Balaban J connectivity index is 1.92. The molecule has 130 valence electrons. The highest BCUT2D eigenvalue weighted by Crippen LogP contribution is 2.25. The highest BCUT2D eigenvalue weighted by atomic mass is 16.5. The van der Waals surface area contributed by atoms with Gasteiger partial charge in [-0.25, -0.2) is 4.98 Å². The maximum absolute atomic E-state index is 12.8. The van der Waals surface area contributed by atoms with E-state index in [1.165, 1.54) is 0 Å². The van der Waals surface area contributed by atoms with Crippen LogP contribution in [0.1, 0.15) is 47.1 Å². The van der Waals surface area contributed by atoms with Crippen molar-refractivity contribution < 1.29 is 14.1 Å². The zero-order chi connectivity index (χ0) is 18.0. The monoisotopic (exact) mass is 339 g/mol. The third-order valence-electron chi connectivity index (χ3n) is 4.10. The molecule has 0 atom stereocenters. The van der Waals surface area contributed by atoms with Gasteiger partial charge in [0.2, 0.25) is 0 Å². The van der Waals surface area contributed by atoms with E-state index in [1.807, 2.05) is 44.2 Å². The van der Waals surface area contributed by atoms with Gasteiger partial charge >= 0.3 is 0 Å². The molecule has 0 fully saturated rings. The van der Waals surface area contributed by atoms with Gasteiger partial charge in [0, 0.05) is 17.8 Å². The van der Waals surface area contributed by atoms with Crippen molar-refractivity contribution >= 4 is 17.0 Å². The Morgan fingerprint density at radius 3 is 2.80 bits per heavy atom. The number of nitrogens with one attached hydrogen (secondary N) is 1. The molecule has 0 unspecified atom stereocenters. The van der Waals surface area contributed by atoms with Crippen LogP contribution < -0.4 is 10.1 Å². The number of pyridine rings is 1. The molecule has 0 aliphatic rings. The normalized spacial score (nSPS) is 11.1. The Kier molecular flexibility index (Phi) is 4.70. The number of nitrogens with zero attached hydrogens (tertiary/aromatic N) is 2. The summed E-state index contributed by atoms with van der Waals surface area (Å²) in [4.78, 5) is 17.3. The lowest BCUT2D eigenvalue weighted by atomic mass is 10.0.